The van der Waals surface area contributed by atoms with Crippen LogP contribution in [0, 0.1) is 0 Å². The first-order chi connectivity index (χ1) is 6.04. The van der Waals surface area contributed by atoms with E-state index in [4.69, 9.17) is 10.0 Å². The van der Waals surface area contributed by atoms with E-state index in [1.807, 2.05) is 6.92 Å². The van der Waals surface area contributed by atoms with Gasteiger partial charge in [-0.1, -0.05) is 26.7 Å². The second kappa shape index (κ2) is 6.41. The molecule has 0 aliphatic carbocycles. The van der Waals surface area contributed by atoms with Gasteiger partial charge in [0.15, 0.2) is 0 Å². The maximum atomic E-state index is 9.98. The van der Waals surface area contributed by atoms with Crippen molar-refractivity contribution in [1.29, 1.82) is 0 Å². The van der Waals surface area contributed by atoms with E-state index in [1.54, 1.807) is 0 Å². The summed E-state index contributed by atoms with van der Waals surface area (Å²) in [6.45, 7) is 4.01. The lowest BCUT2D eigenvalue weighted by Gasteiger charge is -2.26. The van der Waals surface area contributed by atoms with Gasteiger partial charge >= 0.3 is 7.12 Å². The van der Waals surface area contributed by atoms with E-state index < -0.39 is 12.7 Å². The number of hydrogen-bond acceptors (Lipinski definition) is 3. The molecule has 4 heteroatoms. The van der Waals surface area contributed by atoms with Crippen LogP contribution in [0.15, 0.2) is 0 Å². The van der Waals surface area contributed by atoms with E-state index in [2.05, 4.69) is 6.92 Å². The van der Waals surface area contributed by atoms with Gasteiger partial charge in [0.2, 0.25) is 0 Å². The van der Waals surface area contributed by atoms with Gasteiger partial charge in [0.25, 0.3) is 0 Å². The van der Waals surface area contributed by atoms with Crippen LogP contribution >= 0.6 is 0 Å². The second-order valence-electron chi connectivity index (χ2n) is 3.70. The monoisotopic (exact) mass is 188 g/mol. The summed E-state index contributed by atoms with van der Waals surface area (Å²) in [7, 11) is -1.29. The van der Waals surface area contributed by atoms with Gasteiger partial charge in [-0.25, -0.2) is 0 Å². The van der Waals surface area contributed by atoms with Gasteiger partial charge in [0.05, 0.1) is 5.60 Å². The molecule has 1 atom stereocenters. The fraction of sp³-hybridized carbons (Fsp3) is 1.00. The number of unbranched alkanes of at least 4 members (excludes halogenated alkanes) is 1. The lowest BCUT2D eigenvalue weighted by molar-refractivity contribution is 0.0201. The van der Waals surface area contributed by atoms with Crippen LogP contribution < -0.4 is 0 Å². The molecule has 0 aromatic rings. The molecule has 13 heavy (non-hydrogen) atoms. The van der Waals surface area contributed by atoms with Crippen LogP contribution in [0.4, 0.5) is 0 Å². The Morgan fingerprint density at radius 1 is 1.15 bits per heavy atom. The largest absolute Gasteiger partial charge is 0.451 e. The molecule has 0 amide bonds. The Morgan fingerprint density at radius 3 is 2.15 bits per heavy atom. The van der Waals surface area contributed by atoms with Crippen LogP contribution in [0.2, 0.25) is 6.32 Å². The smallest absolute Gasteiger partial charge is 0.427 e. The van der Waals surface area contributed by atoms with Crippen molar-refractivity contribution in [3.8, 4) is 0 Å². The van der Waals surface area contributed by atoms with Crippen molar-refractivity contribution in [3.05, 3.63) is 0 Å². The Morgan fingerprint density at radius 2 is 1.77 bits per heavy atom. The Kier molecular flexibility index (Phi) is 6.38. The van der Waals surface area contributed by atoms with E-state index in [-0.39, 0.29) is 6.32 Å². The topological polar surface area (TPSA) is 60.7 Å². The number of hydrogen-bond donors (Lipinski definition) is 3. The van der Waals surface area contributed by atoms with Crippen LogP contribution in [-0.2, 0) is 0 Å². The van der Waals surface area contributed by atoms with Crippen LogP contribution in [-0.4, -0.2) is 27.9 Å². The van der Waals surface area contributed by atoms with Crippen LogP contribution in [0.3, 0.4) is 0 Å². The molecule has 3 nitrogen and oxygen atoms in total. The molecule has 0 radical (unpaired) electrons. The van der Waals surface area contributed by atoms with Crippen molar-refractivity contribution in [2.75, 3.05) is 0 Å². The fourth-order valence-electron chi connectivity index (χ4n) is 1.38. The lowest BCUT2D eigenvalue weighted by atomic mass is 9.77. The summed E-state index contributed by atoms with van der Waals surface area (Å²) in [5.74, 6) is 0. The highest BCUT2D eigenvalue weighted by Gasteiger charge is 2.25. The molecule has 3 N–H and O–H groups in total. The zero-order chi connectivity index (χ0) is 10.3. The van der Waals surface area contributed by atoms with E-state index in [0.717, 1.165) is 19.3 Å². The van der Waals surface area contributed by atoms with Crippen LogP contribution in [0.25, 0.3) is 0 Å². The Bertz CT molecular complexity index is 130. The van der Waals surface area contributed by atoms with Gasteiger partial charge < -0.3 is 15.2 Å². The minimum atomic E-state index is -1.29. The third-order valence-electron chi connectivity index (χ3n) is 2.52. The molecular weight excluding hydrogens is 167 g/mol. The van der Waals surface area contributed by atoms with Gasteiger partial charge in [-0.3, -0.25) is 0 Å². The molecule has 0 aliphatic heterocycles. The van der Waals surface area contributed by atoms with Gasteiger partial charge in [-0.05, 0) is 25.6 Å². The minimum absolute atomic E-state index is 0.258. The first kappa shape index (κ1) is 12.9. The molecule has 1 unspecified atom stereocenters. The minimum Gasteiger partial charge on any atom is -0.427 e. The molecule has 0 aromatic carbocycles. The quantitative estimate of drug-likeness (QED) is 0.525. The van der Waals surface area contributed by atoms with Crippen LogP contribution in [0.1, 0.15) is 46.0 Å². The maximum absolute atomic E-state index is 9.98. The van der Waals surface area contributed by atoms with Crippen molar-refractivity contribution in [2.24, 2.45) is 0 Å². The van der Waals surface area contributed by atoms with Crippen molar-refractivity contribution in [2.45, 2.75) is 57.9 Å². The average molecular weight is 188 g/mol. The van der Waals surface area contributed by atoms with E-state index in [9.17, 15) is 5.11 Å². The van der Waals surface area contributed by atoms with Crippen molar-refractivity contribution < 1.29 is 15.2 Å². The molecule has 0 aromatic heterocycles. The zero-order valence-electron chi connectivity index (χ0n) is 8.66. The predicted octanol–water partition coefficient (Wildman–Crippen LogP) is 1.18. The first-order valence-corrected chi connectivity index (χ1v) is 5.12. The van der Waals surface area contributed by atoms with Crippen molar-refractivity contribution in [1.82, 2.24) is 0 Å². The van der Waals surface area contributed by atoms with Gasteiger partial charge in [0, 0.05) is 0 Å². The molecule has 0 rings (SSSR count). The normalized spacial score (nSPS) is 15.5. The van der Waals surface area contributed by atoms with Crippen molar-refractivity contribution >= 4 is 7.12 Å². The third kappa shape index (κ3) is 6.08. The van der Waals surface area contributed by atoms with E-state index in [1.165, 1.54) is 0 Å². The van der Waals surface area contributed by atoms with E-state index >= 15 is 0 Å². The maximum Gasteiger partial charge on any atom is 0.451 e. The Labute approximate surface area is 80.9 Å². The standard InChI is InChI=1S/C9H21BO3/c1-3-5-6-9(11,4-2)7-8-10(12)13/h11-13H,3-8H2,1-2H3. The summed E-state index contributed by atoms with van der Waals surface area (Å²) in [5, 5.41) is 27.3. The summed E-state index contributed by atoms with van der Waals surface area (Å²) in [6, 6.07) is 0. The Hall–Kier alpha value is -0.0551. The zero-order valence-corrected chi connectivity index (χ0v) is 8.66. The van der Waals surface area contributed by atoms with Crippen molar-refractivity contribution in [3.63, 3.8) is 0 Å². The average Bonchev–Trinajstić information content (AvgIpc) is 2.11. The summed E-state index contributed by atoms with van der Waals surface area (Å²) < 4.78 is 0. The van der Waals surface area contributed by atoms with Gasteiger partial charge in [-0.15, -0.1) is 0 Å². The number of rotatable bonds is 7. The summed E-state index contributed by atoms with van der Waals surface area (Å²) >= 11 is 0. The van der Waals surface area contributed by atoms with E-state index in [0.29, 0.717) is 12.8 Å². The highest BCUT2D eigenvalue weighted by Crippen LogP contribution is 2.24. The molecule has 0 bridgehead atoms. The molecule has 78 valence electrons. The highest BCUT2D eigenvalue weighted by atomic mass is 16.4. The molecule has 0 heterocycles. The van der Waals surface area contributed by atoms with Gasteiger partial charge in [-0.2, -0.15) is 0 Å². The predicted molar refractivity (Wildman–Crippen MR) is 54.4 cm³/mol. The molecular formula is C9H21BO3. The lowest BCUT2D eigenvalue weighted by Crippen LogP contribution is -2.29. The number of aliphatic hydroxyl groups is 1. The molecule has 0 saturated carbocycles. The summed E-state index contributed by atoms with van der Waals surface area (Å²) in [4.78, 5) is 0. The second-order valence-corrected chi connectivity index (χ2v) is 3.70. The molecule has 0 aliphatic rings. The fourth-order valence-corrected chi connectivity index (χ4v) is 1.38. The highest BCUT2D eigenvalue weighted by molar-refractivity contribution is 6.40. The van der Waals surface area contributed by atoms with Gasteiger partial charge in [0.1, 0.15) is 0 Å². The Balaban J connectivity index is 3.81. The first-order valence-electron chi connectivity index (χ1n) is 5.12. The summed E-state index contributed by atoms with van der Waals surface area (Å²) in [5.41, 5.74) is -0.695. The van der Waals surface area contributed by atoms with Crippen LogP contribution in [0.5, 0.6) is 0 Å². The molecule has 0 spiro atoms. The third-order valence-corrected chi connectivity index (χ3v) is 2.52. The summed E-state index contributed by atoms with van der Waals surface area (Å²) in [6.07, 6.45) is 4.22. The SMILES string of the molecule is CCCCC(O)(CC)CCB(O)O. The molecule has 0 fully saturated rings. The molecule has 0 saturated heterocycles.